The molecule has 0 aliphatic carbocycles. The summed E-state index contributed by atoms with van der Waals surface area (Å²) in [6.45, 7) is 0. The molecule has 2 atom stereocenters. The SMILES string of the molecule is COc1ccccc1NN1C(=O)C(Cl)C(Cl)C1=O. The molecule has 1 aliphatic rings. The lowest BCUT2D eigenvalue weighted by Crippen LogP contribution is -2.36. The fourth-order valence-electron chi connectivity index (χ4n) is 1.57. The maximum atomic E-state index is 11.7. The van der Waals surface area contributed by atoms with Crippen molar-refractivity contribution in [3.05, 3.63) is 24.3 Å². The van der Waals surface area contributed by atoms with Gasteiger partial charge in [-0.1, -0.05) is 12.1 Å². The molecule has 0 saturated carbocycles. The van der Waals surface area contributed by atoms with E-state index >= 15 is 0 Å². The van der Waals surface area contributed by atoms with Gasteiger partial charge in [-0.05, 0) is 12.1 Å². The highest BCUT2D eigenvalue weighted by molar-refractivity contribution is 6.47. The van der Waals surface area contributed by atoms with Crippen LogP contribution in [0.3, 0.4) is 0 Å². The van der Waals surface area contributed by atoms with Gasteiger partial charge >= 0.3 is 0 Å². The smallest absolute Gasteiger partial charge is 0.268 e. The first-order chi connectivity index (χ1) is 8.56. The lowest BCUT2D eigenvalue weighted by molar-refractivity contribution is -0.136. The van der Waals surface area contributed by atoms with E-state index in [4.69, 9.17) is 27.9 Å². The third kappa shape index (κ3) is 2.11. The Morgan fingerprint density at radius 2 is 1.72 bits per heavy atom. The molecule has 2 rings (SSSR count). The molecule has 1 heterocycles. The average Bonchev–Trinajstić information content (AvgIpc) is 2.57. The lowest BCUT2D eigenvalue weighted by atomic mass is 10.3. The monoisotopic (exact) mass is 288 g/mol. The van der Waals surface area contributed by atoms with Crippen molar-refractivity contribution in [2.24, 2.45) is 0 Å². The Balaban J connectivity index is 2.24. The van der Waals surface area contributed by atoms with Crippen LogP contribution < -0.4 is 10.2 Å². The molecule has 1 aromatic carbocycles. The number of halogens is 2. The number of imide groups is 1. The molecular weight excluding hydrogens is 279 g/mol. The first kappa shape index (κ1) is 13.0. The largest absolute Gasteiger partial charge is 0.495 e. The number of hydrogen-bond donors (Lipinski definition) is 1. The summed E-state index contributed by atoms with van der Waals surface area (Å²) in [7, 11) is 1.49. The van der Waals surface area contributed by atoms with Gasteiger partial charge in [0, 0.05) is 0 Å². The molecule has 1 saturated heterocycles. The van der Waals surface area contributed by atoms with Gasteiger partial charge in [0.05, 0.1) is 12.8 Å². The van der Waals surface area contributed by atoms with Crippen LogP contribution in [0.2, 0.25) is 0 Å². The third-order valence-corrected chi connectivity index (χ3v) is 3.52. The summed E-state index contributed by atoms with van der Waals surface area (Å²) in [5.74, 6) is -0.651. The van der Waals surface area contributed by atoms with E-state index in [-0.39, 0.29) is 0 Å². The maximum Gasteiger partial charge on any atom is 0.268 e. The van der Waals surface area contributed by atoms with Crippen LogP contribution in [-0.4, -0.2) is 34.7 Å². The molecule has 0 spiro atoms. The first-order valence-corrected chi connectivity index (χ1v) is 5.99. The van der Waals surface area contributed by atoms with Gasteiger partial charge in [-0.2, -0.15) is 5.01 Å². The molecule has 0 bridgehead atoms. The highest BCUT2D eigenvalue weighted by Gasteiger charge is 2.46. The number of nitrogens with zero attached hydrogens (tertiary/aromatic N) is 1. The maximum absolute atomic E-state index is 11.7. The standard InChI is InChI=1S/C11H10Cl2N2O3/c1-18-7-5-3-2-4-6(7)14-15-10(16)8(12)9(13)11(15)17/h2-5,8-9,14H,1H3. The van der Waals surface area contributed by atoms with Gasteiger partial charge in [-0.15, -0.1) is 23.2 Å². The fraction of sp³-hybridized carbons (Fsp3) is 0.273. The number of amides is 2. The Hall–Kier alpha value is -1.46. The van der Waals surface area contributed by atoms with E-state index in [1.165, 1.54) is 7.11 Å². The molecule has 2 amide bonds. The molecule has 0 radical (unpaired) electrons. The molecule has 1 aliphatic heterocycles. The van der Waals surface area contributed by atoms with E-state index in [9.17, 15) is 9.59 Å². The van der Waals surface area contributed by atoms with Crippen LogP contribution in [0.5, 0.6) is 5.75 Å². The lowest BCUT2D eigenvalue weighted by Gasteiger charge is -2.18. The van der Waals surface area contributed by atoms with Gasteiger partial charge in [0.1, 0.15) is 16.5 Å². The summed E-state index contributed by atoms with van der Waals surface area (Å²) in [5.41, 5.74) is 3.14. The number of methoxy groups -OCH3 is 1. The topological polar surface area (TPSA) is 58.6 Å². The van der Waals surface area contributed by atoms with Gasteiger partial charge in [0.25, 0.3) is 11.8 Å². The van der Waals surface area contributed by atoms with Crippen molar-refractivity contribution in [2.45, 2.75) is 10.8 Å². The molecule has 1 aromatic rings. The van der Waals surface area contributed by atoms with Crippen LogP contribution >= 0.6 is 23.2 Å². The minimum Gasteiger partial charge on any atom is -0.495 e. The number of benzene rings is 1. The van der Waals surface area contributed by atoms with E-state index in [2.05, 4.69) is 5.43 Å². The van der Waals surface area contributed by atoms with E-state index < -0.39 is 22.6 Å². The van der Waals surface area contributed by atoms with Crippen LogP contribution in [0.25, 0.3) is 0 Å². The minimum absolute atomic E-state index is 0.483. The number of nitrogens with one attached hydrogen (secondary N) is 1. The summed E-state index contributed by atoms with van der Waals surface area (Å²) >= 11 is 11.5. The van der Waals surface area contributed by atoms with Crippen molar-refractivity contribution >= 4 is 40.7 Å². The van der Waals surface area contributed by atoms with Gasteiger partial charge < -0.3 is 4.74 Å². The Bertz CT molecular complexity index is 475. The number of ether oxygens (including phenoxy) is 1. The number of carbonyl (C=O) groups excluding carboxylic acids is 2. The first-order valence-electron chi connectivity index (χ1n) is 5.12. The Kier molecular flexibility index (Phi) is 3.63. The quantitative estimate of drug-likeness (QED) is 0.678. The molecule has 0 aromatic heterocycles. The molecule has 96 valence electrons. The second-order valence-electron chi connectivity index (χ2n) is 3.63. The predicted molar refractivity (Wildman–Crippen MR) is 67.8 cm³/mol. The van der Waals surface area contributed by atoms with Gasteiger partial charge in [-0.25, -0.2) is 0 Å². The summed E-state index contributed by atoms with van der Waals surface area (Å²) in [6.07, 6.45) is 0. The number of hydrogen-bond acceptors (Lipinski definition) is 4. The van der Waals surface area contributed by atoms with Crippen LogP contribution in [-0.2, 0) is 9.59 Å². The third-order valence-electron chi connectivity index (χ3n) is 2.51. The Morgan fingerprint density at radius 3 is 2.28 bits per heavy atom. The number of alkyl halides is 2. The molecule has 5 nitrogen and oxygen atoms in total. The normalized spacial score (nSPS) is 23.4. The van der Waals surface area contributed by atoms with E-state index in [1.807, 2.05) is 0 Å². The van der Waals surface area contributed by atoms with Gasteiger partial charge in [0.15, 0.2) is 0 Å². The van der Waals surface area contributed by atoms with Crippen LogP contribution in [0.15, 0.2) is 24.3 Å². The van der Waals surface area contributed by atoms with Crippen molar-refractivity contribution in [1.29, 1.82) is 0 Å². The molecule has 1 fully saturated rings. The predicted octanol–water partition coefficient (Wildman–Crippen LogP) is 1.61. The van der Waals surface area contributed by atoms with Crippen molar-refractivity contribution in [3.8, 4) is 5.75 Å². The zero-order valence-electron chi connectivity index (χ0n) is 9.39. The number of rotatable bonds is 3. The highest BCUT2D eigenvalue weighted by Crippen LogP contribution is 2.28. The second kappa shape index (κ2) is 5.04. The Labute approximate surface area is 114 Å². The number of para-hydroxylation sites is 2. The summed E-state index contributed by atoms with van der Waals surface area (Å²) < 4.78 is 5.10. The highest BCUT2D eigenvalue weighted by atomic mass is 35.5. The molecule has 18 heavy (non-hydrogen) atoms. The number of anilines is 1. The fourth-order valence-corrected chi connectivity index (χ4v) is 1.98. The second-order valence-corrected chi connectivity index (χ2v) is 4.57. The summed E-state index contributed by atoms with van der Waals surface area (Å²) in [5, 5.41) is -1.30. The van der Waals surface area contributed by atoms with E-state index in [0.717, 1.165) is 5.01 Å². The van der Waals surface area contributed by atoms with Gasteiger partial charge in [0.2, 0.25) is 0 Å². The van der Waals surface area contributed by atoms with Crippen molar-refractivity contribution in [1.82, 2.24) is 5.01 Å². The van der Waals surface area contributed by atoms with Gasteiger partial charge in [-0.3, -0.25) is 15.0 Å². The number of carbonyl (C=O) groups is 2. The van der Waals surface area contributed by atoms with E-state index in [0.29, 0.717) is 11.4 Å². The zero-order valence-corrected chi connectivity index (χ0v) is 10.9. The minimum atomic E-state index is -1.05. The summed E-state index contributed by atoms with van der Waals surface area (Å²) in [4.78, 5) is 23.4. The van der Waals surface area contributed by atoms with Crippen LogP contribution in [0, 0.1) is 0 Å². The van der Waals surface area contributed by atoms with Crippen LogP contribution in [0.4, 0.5) is 5.69 Å². The number of hydrazine groups is 1. The molecular formula is C11H10Cl2N2O3. The van der Waals surface area contributed by atoms with Crippen molar-refractivity contribution in [3.63, 3.8) is 0 Å². The molecule has 2 unspecified atom stereocenters. The van der Waals surface area contributed by atoms with Crippen molar-refractivity contribution in [2.75, 3.05) is 12.5 Å². The zero-order chi connectivity index (χ0) is 13.3. The van der Waals surface area contributed by atoms with Crippen molar-refractivity contribution < 1.29 is 14.3 Å². The Morgan fingerprint density at radius 1 is 1.17 bits per heavy atom. The average molecular weight is 289 g/mol. The van der Waals surface area contributed by atoms with E-state index in [1.54, 1.807) is 24.3 Å². The van der Waals surface area contributed by atoms with Crippen LogP contribution in [0.1, 0.15) is 0 Å². The summed E-state index contributed by atoms with van der Waals surface area (Å²) in [6, 6.07) is 6.88. The molecule has 1 N–H and O–H groups in total. The molecule has 7 heteroatoms.